The van der Waals surface area contributed by atoms with E-state index in [0.717, 1.165) is 39.6 Å². The van der Waals surface area contributed by atoms with Crippen LogP contribution < -0.4 is 11.1 Å². The molecule has 24 heavy (non-hydrogen) atoms. The van der Waals surface area contributed by atoms with Crippen LogP contribution in [0.25, 0.3) is 33.1 Å². The van der Waals surface area contributed by atoms with Crippen molar-refractivity contribution >= 4 is 27.6 Å². The normalized spacial score (nSPS) is 12.9. The van der Waals surface area contributed by atoms with Gasteiger partial charge in [0.25, 0.3) is 0 Å². The van der Waals surface area contributed by atoms with E-state index in [1.807, 2.05) is 42.2 Å². The fourth-order valence-electron chi connectivity index (χ4n) is 2.87. The van der Waals surface area contributed by atoms with Gasteiger partial charge in [-0.2, -0.15) is 10.2 Å². The van der Waals surface area contributed by atoms with E-state index in [1.165, 1.54) is 0 Å². The predicted octanol–water partition coefficient (Wildman–Crippen LogP) is 2.16. The first-order valence-corrected chi connectivity index (χ1v) is 7.89. The molecule has 0 bridgehead atoms. The molecule has 0 aliphatic carbocycles. The summed E-state index contributed by atoms with van der Waals surface area (Å²) in [5, 5.41) is 16.8. The third kappa shape index (κ3) is 2.39. The minimum atomic E-state index is 0.326. The van der Waals surface area contributed by atoms with Crippen molar-refractivity contribution in [2.45, 2.75) is 19.5 Å². The molecule has 0 amide bonds. The lowest BCUT2D eigenvalue weighted by molar-refractivity contribution is 0.484. The monoisotopic (exact) mass is 321 g/mol. The second-order valence-electron chi connectivity index (χ2n) is 6.00. The SMILES string of the molecule is CNC(C)Cn1cc2c(N)nc3cc(-c4ccn[nH]4)ccc3c2n1. The summed E-state index contributed by atoms with van der Waals surface area (Å²) >= 11 is 0. The van der Waals surface area contributed by atoms with Gasteiger partial charge in [0.05, 0.1) is 23.1 Å². The summed E-state index contributed by atoms with van der Waals surface area (Å²) in [6.07, 6.45) is 3.70. The highest BCUT2D eigenvalue weighted by atomic mass is 15.3. The lowest BCUT2D eigenvalue weighted by atomic mass is 10.1. The summed E-state index contributed by atoms with van der Waals surface area (Å²) in [5.74, 6) is 0.502. The molecule has 1 atom stereocenters. The van der Waals surface area contributed by atoms with E-state index in [4.69, 9.17) is 10.8 Å². The maximum Gasteiger partial charge on any atom is 0.135 e. The van der Waals surface area contributed by atoms with E-state index in [2.05, 4.69) is 27.4 Å². The molecule has 3 heterocycles. The number of benzene rings is 1. The fourth-order valence-corrected chi connectivity index (χ4v) is 2.87. The Morgan fingerprint density at radius 2 is 2.17 bits per heavy atom. The van der Waals surface area contributed by atoms with Gasteiger partial charge in [-0.25, -0.2) is 4.98 Å². The number of nitrogens with two attached hydrogens (primary N) is 1. The molecule has 0 saturated carbocycles. The number of likely N-dealkylation sites (N-methyl/N-ethyl adjacent to an activating group) is 1. The zero-order valence-electron chi connectivity index (χ0n) is 13.6. The van der Waals surface area contributed by atoms with Crippen molar-refractivity contribution in [2.75, 3.05) is 12.8 Å². The van der Waals surface area contributed by atoms with E-state index < -0.39 is 0 Å². The average Bonchev–Trinajstić information content (AvgIpc) is 3.24. The van der Waals surface area contributed by atoms with E-state index in [1.54, 1.807) is 6.20 Å². The second-order valence-corrected chi connectivity index (χ2v) is 6.00. The van der Waals surface area contributed by atoms with Crippen molar-refractivity contribution in [3.05, 3.63) is 36.7 Å². The van der Waals surface area contributed by atoms with Crippen molar-refractivity contribution in [2.24, 2.45) is 0 Å². The van der Waals surface area contributed by atoms with Crippen LogP contribution in [0.2, 0.25) is 0 Å². The quantitative estimate of drug-likeness (QED) is 0.535. The summed E-state index contributed by atoms with van der Waals surface area (Å²) in [4.78, 5) is 4.56. The van der Waals surface area contributed by atoms with E-state index in [0.29, 0.717) is 11.9 Å². The minimum Gasteiger partial charge on any atom is -0.383 e. The predicted molar refractivity (Wildman–Crippen MR) is 95.5 cm³/mol. The Bertz CT molecular complexity index is 1000. The molecular formula is C17H19N7. The number of aromatic amines is 1. The molecule has 4 aromatic rings. The largest absolute Gasteiger partial charge is 0.383 e. The Labute approximate surface area is 138 Å². The van der Waals surface area contributed by atoms with Gasteiger partial charge in [-0.15, -0.1) is 0 Å². The molecule has 1 aromatic carbocycles. The number of nitrogens with one attached hydrogen (secondary N) is 2. The lowest BCUT2D eigenvalue weighted by Crippen LogP contribution is -2.26. The Morgan fingerprint density at radius 3 is 2.92 bits per heavy atom. The van der Waals surface area contributed by atoms with Gasteiger partial charge in [-0.3, -0.25) is 9.78 Å². The van der Waals surface area contributed by atoms with Crippen LogP contribution in [0.3, 0.4) is 0 Å². The van der Waals surface area contributed by atoms with Gasteiger partial charge in [0, 0.05) is 29.4 Å². The summed E-state index contributed by atoms with van der Waals surface area (Å²) in [5.41, 5.74) is 9.86. The smallest absolute Gasteiger partial charge is 0.135 e. The maximum absolute atomic E-state index is 6.17. The number of nitrogen functional groups attached to an aromatic ring is 1. The van der Waals surface area contributed by atoms with Crippen LogP contribution in [-0.2, 0) is 6.54 Å². The van der Waals surface area contributed by atoms with E-state index >= 15 is 0 Å². The van der Waals surface area contributed by atoms with Crippen molar-refractivity contribution < 1.29 is 0 Å². The molecule has 0 aliphatic heterocycles. The highest BCUT2D eigenvalue weighted by molar-refractivity contribution is 6.08. The molecule has 0 saturated heterocycles. The Kier molecular flexibility index (Phi) is 3.42. The van der Waals surface area contributed by atoms with Gasteiger partial charge >= 0.3 is 0 Å². The van der Waals surface area contributed by atoms with Crippen molar-refractivity contribution in [1.82, 2.24) is 30.3 Å². The number of hydrogen-bond acceptors (Lipinski definition) is 5. The molecule has 0 aliphatic rings. The molecule has 122 valence electrons. The van der Waals surface area contributed by atoms with Gasteiger partial charge in [0.1, 0.15) is 11.3 Å². The summed E-state index contributed by atoms with van der Waals surface area (Å²) in [6.45, 7) is 2.89. The van der Waals surface area contributed by atoms with Crippen LogP contribution in [0, 0.1) is 0 Å². The molecule has 7 nitrogen and oxygen atoms in total. The van der Waals surface area contributed by atoms with Gasteiger partial charge < -0.3 is 11.1 Å². The maximum atomic E-state index is 6.17. The Balaban J connectivity index is 1.87. The first kappa shape index (κ1) is 14.6. The number of fused-ring (bicyclic) bond motifs is 3. The van der Waals surface area contributed by atoms with E-state index in [-0.39, 0.29) is 0 Å². The van der Waals surface area contributed by atoms with Gasteiger partial charge in [0.15, 0.2) is 0 Å². The molecule has 1 unspecified atom stereocenters. The number of rotatable bonds is 4. The van der Waals surface area contributed by atoms with Crippen molar-refractivity contribution in [3.63, 3.8) is 0 Å². The van der Waals surface area contributed by atoms with Crippen LogP contribution in [-0.4, -0.2) is 38.1 Å². The molecule has 0 radical (unpaired) electrons. The highest BCUT2D eigenvalue weighted by Crippen LogP contribution is 2.29. The number of anilines is 1. The number of H-pyrrole nitrogens is 1. The Hall–Kier alpha value is -2.93. The minimum absolute atomic E-state index is 0.326. The van der Waals surface area contributed by atoms with Crippen LogP contribution in [0.4, 0.5) is 5.82 Å². The third-order valence-corrected chi connectivity index (χ3v) is 4.30. The highest BCUT2D eigenvalue weighted by Gasteiger charge is 2.13. The van der Waals surface area contributed by atoms with Gasteiger partial charge in [-0.1, -0.05) is 6.07 Å². The molecule has 4 N–H and O–H groups in total. The molecular weight excluding hydrogens is 302 g/mol. The fraction of sp³-hybridized carbons (Fsp3) is 0.235. The lowest BCUT2D eigenvalue weighted by Gasteiger charge is -2.08. The molecule has 4 rings (SSSR count). The van der Waals surface area contributed by atoms with E-state index in [9.17, 15) is 0 Å². The molecule has 3 aromatic heterocycles. The number of aromatic nitrogens is 5. The van der Waals surface area contributed by atoms with Crippen LogP contribution in [0.5, 0.6) is 0 Å². The molecule has 0 fully saturated rings. The van der Waals surface area contributed by atoms with Gasteiger partial charge in [0.2, 0.25) is 0 Å². The molecule has 0 spiro atoms. The van der Waals surface area contributed by atoms with Crippen molar-refractivity contribution in [3.8, 4) is 11.3 Å². The number of pyridine rings is 1. The first-order valence-electron chi connectivity index (χ1n) is 7.89. The topological polar surface area (TPSA) is 97.4 Å². The second kappa shape index (κ2) is 5.61. The van der Waals surface area contributed by atoms with Crippen molar-refractivity contribution in [1.29, 1.82) is 0 Å². The zero-order chi connectivity index (χ0) is 16.7. The Morgan fingerprint density at radius 1 is 1.29 bits per heavy atom. The average molecular weight is 321 g/mol. The van der Waals surface area contributed by atoms with Crippen LogP contribution >= 0.6 is 0 Å². The molecule has 7 heteroatoms. The van der Waals surface area contributed by atoms with Crippen LogP contribution in [0.15, 0.2) is 36.7 Å². The summed E-state index contributed by atoms with van der Waals surface area (Å²) < 4.78 is 1.92. The van der Waals surface area contributed by atoms with Gasteiger partial charge in [-0.05, 0) is 32.2 Å². The number of hydrogen-bond donors (Lipinski definition) is 3. The first-order chi connectivity index (χ1) is 11.7. The summed E-state index contributed by atoms with van der Waals surface area (Å²) in [6, 6.07) is 8.35. The third-order valence-electron chi connectivity index (χ3n) is 4.30. The summed E-state index contributed by atoms with van der Waals surface area (Å²) in [7, 11) is 1.94. The zero-order valence-corrected chi connectivity index (χ0v) is 13.6. The standard InChI is InChI=1S/C17H19N7/c1-10(19-2)8-24-9-13-16(23-24)12-4-3-11(14-5-6-20-22-14)7-15(12)21-17(13)18/h3-7,9-10,19H,8H2,1-2H3,(H2,18,21)(H,20,22). The number of nitrogens with zero attached hydrogens (tertiary/aromatic N) is 4. The van der Waals surface area contributed by atoms with Crippen LogP contribution in [0.1, 0.15) is 6.92 Å².